The first-order chi connectivity index (χ1) is 16.8. The van der Waals surface area contributed by atoms with Crippen molar-refractivity contribution in [2.75, 3.05) is 6.61 Å². The van der Waals surface area contributed by atoms with Crippen LogP contribution in [-0.4, -0.2) is 11.6 Å². The smallest absolute Gasteiger partial charge is 0.221 e. The second-order valence-electron chi connectivity index (χ2n) is 7.48. The third-order valence-electron chi connectivity index (χ3n) is 5.36. The van der Waals surface area contributed by atoms with Crippen molar-refractivity contribution in [2.45, 2.75) is 0 Å². The van der Waals surface area contributed by atoms with E-state index in [2.05, 4.69) is 18.1 Å². The molecule has 0 fully saturated rings. The van der Waals surface area contributed by atoms with E-state index in [4.69, 9.17) is 4.74 Å². The van der Waals surface area contributed by atoms with E-state index in [1.807, 2.05) is 0 Å². The van der Waals surface area contributed by atoms with Crippen LogP contribution in [0.3, 0.4) is 0 Å². The van der Waals surface area contributed by atoms with Crippen LogP contribution in [0, 0.1) is 29.2 Å². The molecule has 2 nitrogen and oxygen atoms in total. The average molecular weight is 479 g/mol. The first-order valence-electron chi connectivity index (χ1n) is 10.5. The summed E-state index contributed by atoms with van der Waals surface area (Å²) in [6, 6.07) is 13.8. The molecule has 4 aromatic rings. The van der Waals surface area contributed by atoms with E-state index >= 15 is 0 Å². The maximum absolute atomic E-state index is 14.9. The molecule has 35 heavy (non-hydrogen) atoms. The number of nitrogens with zero attached hydrogens (tertiary/aromatic N) is 1. The fourth-order valence-corrected chi connectivity index (χ4v) is 3.59. The van der Waals surface area contributed by atoms with Crippen LogP contribution in [0.15, 0.2) is 79.9 Å². The van der Waals surface area contributed by atoms with Gasteiger partial charge in [0, 0.05) is 22.3 Å². The lowest BCUT2D eigenvalue weighted by Gasteiger charge is -2.12. The number of hydrogen-bond acceptors (Lipinski definition) is 2. The molecule has 0 atom stereocenters. The van der Waals surface area contributed by atoms with Gasteiger partial charge in [0.2, 0.25) is 11.8 Å². The van der Waals surface area contributed by atoms with Crippen LogP contribution in [0.1, 0.15) is 5.69 Å². The Morgan fingerprint density at radius 3 is 1.71 bits per heavy atom. The van der Waals surface area contributed by atoms with Crippen molar-refractivity contribution < 1.29 is 26.7 Å². The van der Waals surface area contributed by atoms with Crippen molar-refractivity contribution in [3.05, 3.63) is 115 Å². The lowest BCUT2D eigenvalue weighted by atomic mass is 9.97. The van der Waals surface area contributed by atoms with Crippen LogP contribution in [0.25, 0.3) is 39.5 Å². The summed E-state index contributed by atoms with van der Waals surface area (Å²) in [4.78, 5) is 3.65. The Labute approximate surface area is 198 Å². The van der Waals surface area contributed by atoms with Gasteiger partial charge in [-0.3, -0.25) is 0 Å². The maximum atomic E-state index is 14.9. The molecule has 0 bridgehead atoms. The van der Waals surface area contributed by atoms with Crippen LogP contribution < -0.4 is 4.74 Å². The van der Waals surface area contributed by atoms with Gasteiger partial charge in [-0.2, -0.15) is 8.78 Å². The third-order valence-corrected chi connectivity index (χ3v) is 5.36. The molecule has 1 aromatic heterocycles. The predicted molar refractivity (Wildman–Crippen MR) is 126 cm³/mol. The van der Waals surface area contributed by atoms with E-state index in [0.717, 1.165) is 0 Å². The number of aromatic nitrogens is 1. The molecule has 0 spiro atoms. The minimum Gasteiger partial charge on any atom is -0.486 e. The zero-order valence-corrected chi connectivity index (χ0v) is 18.3. The molecule has 0 aliphatic rings. The maximum Gasteiger partial charge on any atom is 0.221 e. The van der Waals surface area contributed by atoms with Crippen LogP contribution in [0.2, 0.25) is 0 Å². The standard InChI is InChI=1S/C28H18F5NO/c1-3-15-35-23-14-13-20(25(30)27(23)32)17-7-5-16(6-8-17)19-11-12-21(26(31)24(19)29)22-10-9-18(4-2)34-28(22)33/h3-14H,1-2,15H2. The van der Waals surface area contributed by atoms with Crippen LogP contribution >= 0.6 is 0 Å². The van der Waals surface area contributed by atoms with E-state index in [9.17, 15) is 22.0 Å². The molecule has 0 N–H and O–H groups in total. The Morgan fingerprint density at radius 1 is 0.629 bits per heavy atom. The van der Waals surface area contributed by atoms with E-state index < -0.39 is 29.2 Å². The fourth-order valence-electron chi connectivity index (χ4n) is 3.59. The van der Waals surface area contributed by atoms with Gasteiger partial charge < -0.3 is 4.74 Å². The van der Waals surface area contributed by atoms with E-state index in [-0.39, 0.29) is 40.3 Å². The highest BCUT2D eigenvalue weighted by molar-refractivity contribution is 5.74. The Hall–Kier alpha value is -4.26. The predicted octanol–water partition coefficient (Wildman–Crippen LogP) is 7.99. The average Bonchev–Trinajstić information content (AvgIpc) is 2.87. The monoisotopic (exact) mass is 479 g/mol. The number of ether oxygens (including phenoxy) is 1. The first kappa shape index (κ1) is 23.9. The van der Waals surface area contributed by atoms with Gasteiger partial charge in [-0.1, -0.05) is 55.6 Å². The lowest BCUT2D eigenvalue weighted by molar-refractivity contribution is 0.333. The Kier molecular flexibility index (Phi) is 6.78. The molecule has 0 aliphatic carbocycles. The van der Waals surface area contributed by atoms with E-state index in [1.165, 1.54) is 72.8 Å². The lowest BCUT2D eigenvalue weighted by Crippen LogP contribution is -1.99. The van der Waals surface area contributed by atoms with Gasteiger partial charge in [-0.05, 0) is 41.5 Å². The minimum atomic E-state index is -1.23. The van der Waals surface area contributed by atoms with Crippen LogP contribution in [0.4, 0.5) is 22.0 Å². The summed E-state index contributed by atoms with van der Waals surface area (Å²) in [5, 5.41) is 0. The highest BCUT2D eigenvalue weighted by atomic mass is 19.2. The summed E-state index contributed by atoms with van der Waals surface area (Å²) < 4.78 is 78.0. The molecule has 0 saturated carbocycles. The van der Waals surface area contributed by atoms with Gasteiger partial charge >= 0.3 is 0 Å². The molecule has 0 saturated heterocycles. The minimum absolute atomic E-state index is 0.0204. The molecule has 3 aromatic carbocycles. The van der Waals surface area contributed by atoms with Gasteiger partial charge in [-0.15, -0.1) is 0 Å². The fraction of sp³-hybridized carbons (Fsp3) is 0.0357. The molecule has 4 rings (SSSR count). The third kappa shape index (κ3) is 4.57. The Morgan fingerprint density at radius 2 is 1.14 bits per heavy atom. The Bertz CT molecular complexity index is 1430. The van der Waals surface area contributed by atoms with Crippen molar-refractivity contribution in [2.24, 2.45) is 0 Å². The topological polar surface area (TPSA) is 22.1 Å². The summed E-state index contributed by atoms with van der Waals surface area (Å²) in [7, 11) is 0. The van der Waals surface area contributed by atoms with E-state index in [0.29, 0.717) is 11.1 Å². The molecule has 0 unspecified atom stereocenters. The van der Waals surface area contributed by atoms with Crippen molar-refractivity contribution in [1.82, 2.24) is 4.98 Å². The van der Waals surface area contributed by atoms with Gasteiger partial charge in [0.25, 0.3) is 0 Å². The molecule has 0 amide bonds. The number of halogens is 5. The van der Waals surface area contributed by atoms with Gasteiger partial charge in [-0.25, -0.2) is 18.2 Å². The first-order valence-corrected chi connectivity index (χ1v) is 10.5. The zero-order valence-electron chi connectivity index (χ0n) is 18.3. The van der Waals surface area contributed by atoms with Crippen molar-refractivity contribution >= 4 is 6.08 Å². The number of benzene rings is 3. The number of hydrogen-bond donors (Lipinski definition) is 0. The summed E-state index contributed by atoms with van der Waals surface area (Å²) >= 11 is 0. The summed E-state index contributed by atoms with van der Waals surface area (Å²) in [6.45, 7) is 6.97. The summed E-state index contributed by atoms with van der Waals surface area (Å²) in [5.41, 5.74) is 0.324. The second kappa shape index (κ2) is 9.93. The molecular formula is C28H18F5NO. The molecule has 7 heteroatoms. The highest BCUT2D eigenvalue weighted by Gasteiger charge is 2.20. The van der Waals surface area contributed by atoms with E-state index in [1.54, 1.807) is 0 Å². The molecule has 0 aliphatic heterocycles. The zero-order chi connectivity index (χ0) is 25.1. The van der Waals surface area contributed by atoms with Crippen LogP contribution in [-0.2, 0) is 0 Å². The van der Waals surface area contributed by atoms with Gasteiger partial charge in [0.1, 0.15) is 6.61 Å². The number of pyridine rings is 1. The quantitative estimate of drug-likeness (QED) is 0.152. The SMILES string of the molecule is C=CCOc1ccc(-c2ccc(-c3ccc(-c4ccc(C=C)nc4F)c(F)c3F)cc2)c(F)c1F. The second-order valence-corrected chi connectivity index (χ2v) is 7.48. The highest BCUT2D eigenvalue weighted by Crippen LogP contribution is 2.35. The molecule has 1 heterocycles. The van der Waals surface area contributed by atoms with Crippen molar-refractivity contribution in [3.63, 3.8) is 0 Å². The van der Waals surface area contributed by atoms with Crippen molar-refractivity contribution in [3.8, 4) is 39.1 Å². The molecule has 176 valence electrons. The molecular weight excluding hydrogens is 461 g/mol. The normalized spacial score (nSPS) is 10.8. The largest absolute Gasteiger partial charge is 0.486 e. The van der Waals surface area contributed by atoms with Gasteiger partial charge in [0.15, 0.2) is 23.2 Å². The van der Waals surface area contributed by atoms with Crippen LogP contribution in [0.5, 0.6) is 5.75 Å². The number of rotatable bonds is 7. The Balaban J connectivity index is 1.66. The van der Waals surface area contributed by atoms with Crippen molar-refractivity contribution in [1.29, 1.82) is 0 Å². The molecule has 0 radical (unpaired) electrons. The summed E-state index contributed by atoms with van der Waals surface area (Å²) in [6.07, 6.45) is 2.74. The van der Waals surface area contributed by atoms with Gasteiger partial charge in [0.05, 0.1) is 5.69 Å². The summed E-state index contributed by atoms with van der Waals surface area (Å²) in [5.74, 6) is -5.84.